The quantitative estimate of drug-likeness (QED) is 0.841. The molecule has 0 atom stereocenters. The second kappa shape index (κ2) is 6.33. The van der Waals surface area contributed by atoms with Gasteiger partial charge in [-0.1, -0.05) is 18.2 Å². The largest absolute Gasteiger partial charge is 0.335 e. The Morgan fingerprint density at radius 3 is 2.42 bits per heavy atom. The van der Waals surface area contributed by atoms with Crippen LogP contribution < -0.4 is 5.56 Å². The summed E-state index contributed by atoms with van der Waals surface area (Å²) in [6, 6.07) is 6.78. The molecule has 8 nitrogen and oxygen atoms in total. The second-order valence-corrected chi connectivity index (χ2v) is 7.80. The van der Waals surface area contributed by atoms with Gasteiger partial charge in [-0.15, -0.1) is 0 Å². The topological polar surface area (TPSA) is 103 Å². The minimum absolute atomic E-state index is 0.0487. The average Bonchev–Trinajstić information content (AvgIpc) is 2.62. The van der Waals surface area contributed by atoms with Gasteiger partial charge >= 0.3 is 0 Å². The fourth-order valence-electron chi connectivity index (χ4n) is 2.78. The summed E-state index contributed by atoms with van der Waals surface area (Å²) in [5.74, 6) is -0.261. The third kappa shape index (κ3) is 2.92. The molecule has 0 radical (unpaired) electrons. The van der Waals surface area contributed by atoms with Crippen LogP contribution in [0.1, 0.15) is 17.4 Å². The number of piperazine rings is 1. The van der Waals surface area contributed by atoms with E-state index < -0.39 is 10.0 Å². The summed E-state index contributed by atoms with van der Waals surface area (Å²) in [6.45, 7) is 2.73. The molecule has 0 bridgehead atoms. The molecule has 1 amide bonds. The molecule has 1 saturated heterocycles. The molecule has 2 heterocycles. The molecule has 0 saturated carbocycles. The van der Waals surface area contributed by atoms with Gasteiger partial charge in [0.2, 0.25) is 10.0 Å². The Kier molecular flexibility index (Phi) is 4.37. The van der Waals surface area contributed by atoms with E-state index in [0.717, 1.165) is 0 Å². The van der Waals surface area contributed by atoms with Gasteiger partial charge in [-0.25, -0.2) is 13.5 Å². The van der Waals surface area contributed by atoms with Crippen LogP contribution in [-0.2, 0) is 10.0 Å². The number of sulfonamides is 1. The van der Waals surface area contributed by atoms with Crippen molar-refractivity contribution in [2.75, 3.05) is 31.9 Å². The van der Waals surface area contributed by atoms with Crippen LogP contribution in [-0.4, -0.2) is 65.7 Å². The van der Waals surface area contributed by atoms with Gasteiger partial charge in [-0.05, 0) is 13.0 Å². The highest BCUT2D eigenvalue weighted by Gasteiger charge is 2.29. The maximum absolute atomic E-state index is 12.7. The first-order valence-electron chi connectivity index (χ1n) is 7.68. The fraction of sp³-hybridized carbons (Fsp3) is 0.400. The molecule has 0 spiro atoms. The van der Waals surface area contributed by atoms with Crippen LogP contribution in [0, 0.1) is 0 Å². The lowest BCUT2D eigenvalue weighted by atomic mass is 10.1. The molecule has 2 aromatic rings. The van der Waals surface area contributed by atoms with Crippen LogP contribution in [0.4, 0.5) is 0 Å². The summed E-state index contributed by atoms with van der Waals surface area (Å²) >= 11 is 0. The Bertz CT molecular complexity index is 930. The molecule has 1 aliphatic rings. The van der Waals surface area contributed by atoms with E-state index in [1.165, 1.54) is 4.31 Å². The first-order chi connectivity index (χ1) is 11.4. The number of aromatic amines is 1. The Morgan fingerprint density at radius 2 is 1.79 bits per heavy atom. The molecule has 24 heavy (non-hydrogen) atoms. The van der Waals surface area contributed by atoms with Gasteiger partial charge in [0.25, 0.3) is 11.5 Å². The number of hydrogen-bond donors (Lipinski definition) is 1. The standard InChI is InChI=1S/C15H18N4O4S/c1-2-24(22,23)19-9-7-18(8-10-19)15(21)13-11-5-3-4-6-12(11)14(20)17-16-13/h3-6H,2,7-10H2,1H3,(H,17,20). The number of carbonyl (C=O) groups is 1. The number of carbonyl (C=O) groups excluding carboxylic acids is 1. The second-order valence-electron chi connectivity index (χ2n) is 5.54. The third-order valence-electron chi connectivity index (χ3n) is 4.18. The van der Waals surface area contributed by atoms with Crippen LogP contribution in [0.3, 0.4) is 0 Å². The summed E-state index contributed by atoms with van der Waals surface area (Å²) in [5.41, 5.74) is -0.169. The highest BCUT2D eigenvalue weighted by Crippen LogP contribution is 2.16. The van der Waals surface area contributed by atoms with Gasteiger partial charge < -0.3 is 4.90 Å². The molecular weight excluding hydrogens is 332 g/mol. The van der Waals surface area contributed by atoms with E-state index in [0.29, 0.717) is 23.9 Å². The van der Waals surface area contributed by atoms with E-state index in [9.17, 15) is 18.0 Å². The molecular formula is C15H18N4O4S. The number of rotatable bonds is 3. The Morgan fingerprint density at radius 1 is 1.17 bits per heavy atom. The average molecular weight is 350 g/mol. The fourth-order valence-corrected chi connectivity index (χ4v) is 3.86. The number of H-pyrrole nitrogens is 1. The monoisotopic (exact) mass is 350 g/mol. The Labute approximate surface area is 139 Å². The van der Waals surface area contributed by atoms with Crippen molar-refractivity contribution in [3.63, 3.8) is 0 Å². The molecule has 3 rings (SSSR count). The molecule has 9 heteroatoms. The van der Waals surface area contributed by atoms with E-state index >= 15 is 0 Å². The minimum Gasteiger partial charge on any atom is -0.335 e. The molecule has 0 aliphatic carbocycles. The first kappa shape index (κ1) is 16.6. The van der Waals surface area contributed by atoms with E-state index in [4.69, 9.17) is 0 Å². The van der Waals surface area contributed by atoms with Gasteiger partial charge in [0.05, 0.1) is 11.1 Å². The van der Waals surface area contributed by atoms with Crippen molar-refractivity contribution in [3.05, 3.63) is 40.3 Å². The summed E-state index contributed by atoms with van der Waals surface area (Å²) in [7, 11) is -3.24. The van der Waals surface area contributed by atoms with Crippen LogP contribution in [0.2, 0.25) is 0 Å². The lowest BCUT2D eigenvalue weighted by molar-refractivity contribution is 0.0693. The number of nitrogens with one attached hydrogen (secondary N) is 1. The van der Waals surface area contributed by atoms with Crippen LogP contribution >= 0.6 is 0 Å². The number of hydrogen-bond acceptors (Lipinski definition) is 5. The lowest BCUT2D eigenvalue weighted by Crippen LogP contribution is -2.51. The minimum atomic E-state index is -3.24. The van der Waals surface area contributed by atoms with Crippen molar-refractivity contribution in [1.82, 2.24) is 19.4 Å². The van der Waals surface area contributed by atoms with Gasteiger partial charge in [-0.3, -0.25) is 9.59 Å². The Hall–Kier alpha value is -2.26. The molecule has 1 fully saturated rings. The van der Waals surface area contributed by atoms with E-state index in [1.54, 1.807) is 36.1 Å². The van der Waals surface area contributed by atoms with Gasteiger partial charge in [0.15, 0.2) is 5.69 Å². The van der Waals surface area contributed by atoms with E-state index in [2.05, 4.69) is 10.2 Å². The third-order valence-corrected chi connectivity index (χ3v) is 6.06. The van der Waals surface area contributed by atoms with Gasteiger partial charge in [-0.2, -0.15) is 9.40 Å². The molecule has 1 N–H and O–H groups in total. The highest BCUT2D eigenvalue weighted by molar-refractivity contribution is 7.89. The number of aromatic nitrogens is 2. The molecule has 0 unspecified atom stereocenters. The number of fused-ring (bicyclic) bond motifs is 1. The van der Waals surface area contributed by atoms with Crippen LogP contribution in [0.15, 0.2) is 29.1 Å². The predicted molar refractivity (Wildman–Crippen MR) is 89.3 cm³/mol. The summed E-state index contributed by atoms with van der Waals surface area (Å²) in [6.07, 6.45) is 0. The highest BCUT2D eigenvalue weighted by atomic mass is 32.2. The maximum atomic E-state index is 12.7. The normalized spacial score (nSPS) is 16.5. The zero-order chi connectivity index (χ0) is 17.3. The van der Waals surface area contributed by atoms with Gasteiger partial charge in [0, 0.05) is 31.6 Å². The molecule has 1 aromatic heterocycles. The predicted octanol–water partition coefficient (Wildman–Crippen LogP) is 0.0306. The maximum Gasteiger partial charge on any atom is 0.275 e. The molecule has 1 aliphatic heterocycles. The molecule has 128 valence electrons. The summed E-state index contributed by atoms with van der Waals surface area (Å²) < 4.78 is 25.2. The summed E-state index contributed by atoms with van der Waals surface area (Å²) in [4.78, 5) is 26.1. The van der Waals surface area contributed by atoms with Crippen molar-refractivity contribution in [2.24, 2.45) is 0 Å². The number of nitrogens with zero attached hydrogens (tertiary/aromatic N) is 3. The van der Waals surface area contributed by atoms with Crippen molar-refractivity contribution < 1.29 is 13.2 Å². The number of amides is 1. The van der Waals surface area contributed by atoms with E-state index in [1.807, 2.05) is 0 Å². The van der Waals surface area contributed by atoms with Crippen molar-refractivity contribution in [1.29, 1.82) is 0 Å². The van der Waals surface area contributed by atoms with Gasteiger partial charge in [0.1, 0.15) is 0 Å². The Balaban J connectivity index is 1.85. The van der Waals surface area contributed by atoms with Crippen molar-refractivity contribution >= 4 is 26.7 Å². The van der Waals surface area contributed by atoms with Crippen molar-refractivity contribution in [3.8, 4) is 0 Å². The van der Waals surface area contributed by atoms with Crippen LogP contribution in [0.5, 0.6) is 0 Å². The van der Waals surface area contributed by atoms with E-state index in [-0.39, 0.29) is 36.0 Å². The smallest absolute Gasteiger partial charge is 0.275 e. The number of benzene rings is 1. The zero-order valence-corrected chi connectivity index (χ0v) is 14.0. The first-order valence-corrected chi connectivity index (χ1v) is 9.29. The van der Waals surface area contributed by atoms with Crippen LogP contribution in [0.25, 0.3) is 10.8 Å². The lowest BCUT2D eigenvalue weighted by Gasteiger charge is -2.33. The summed E-state index contributed by atoms with van der Waals surface area (Å²) in [5, 5.41) is 7.15. The molecule has 1 aromatic carbocycles. The zero-order valence-electron chi connectivity index (χ0n) is 13.2. The van der Waals surface area contributed by atoms with Crippen molar-refractivity contribution in [2.45, 2.75) is 6.92 Å². The SMILES string of the molecule is CCS(=O)(=O)N1CCN(C(=O)c2n[nH]c(=O)c3ccccc23)CC1.